The molecule has 3 rings (SSSR count). The molecule has 0 bridgehead atoms. The molecule has 0 aliphatic heterocycles. The van der Waals surface area contributed by atoms with Crippen molar-refractivity contribution in [3.05, 3.63) is 65.6 Å². The van der Waals surface area contributed by atoms with Crippen LogP contribution in [-0.4, -0.2) is 21.0 Å². The molecule has 0 aliphatic carbocycles. The van der Waals surface area contributed by atoms with Gasteiger partial charge in [-0.15, -0.1) is 11.8 Å². The predicted molar refractivity (Wildman–Crippen MR) is 93.8 cm³/mol. The van der Waals surface area contributed by atoms with Crippen LogP contribution in [0.25, 0.3) is 5.65 Å². The molecule has 4 nitrogen and oxygen atoms in total. The van der Waals surface area contributed by atoms with Crippen molar-refractivity contribution in [2.24, 2.45) is 0 Å². The zero-order chi connectivity index (χ0) is 16.1. The largest absolute Gasteiger partial charge is 0.350 e. The SMILES string of the molecule is O=C(CCSc1ccccc1)NCc1cn2cc(Cl)ccc2n1. The van der Waals surface area contributed by atoms with Crippen LogP contribution in [0.15, 0.2) is 59.8 Å². The van der Waals surface area contributed by atoms with E-state index in [-0.39, 0.29) is 5.91 Å². The molecule has 0 fully saturated rings. The number of halogens is 1. The number of amides is 1. The van der Waals surface area contributed by atoms with E-state index in [1.807, 2.05) is 47.0 Å². The van der Waals surface area contributed by atoms with Gasteiger partial charge in [0.15, 0.2) is 0 Å². The Bertz CT molecular complexity index is 804. The highest BCUT2D eigenvalue weighted by Gasteiger charge is 2.05. The number of hydrogen-bond acceptors (Lipinski definition) is 3. The Morgan fingerprint density at radius 1 is 1.17 bits per heavy atom. The summed E-state index contributed by atoms with van der Waals surface area (Å²) in [6, 6.07) is 13.7. The molecule has 0 aliphatic rings. The highest BCUT2D eigenvalue weighted by atomic mass is 35.5. The molecule has 6 heteroatoms. The fourth-order valence-corrected chi connectivity index (χ4v) is 3.20. The second kappa shape index (κ2) is 7.53. The molecular weight excluding hydrogens is 330 g/mol. The van der Waals surface area contributed by atoms with E-state index in [0.29, 0.717) is 18.0 Å². The van der Waals surface area contributed by atoms with E-state index in [4.69, 9.17) is 11.6 Å². The van der Waals surface area contributed by atoms with Crippen molar-refractivity contribution in [3.63, 3.8) is 0 Å². The zero-order valence-corrected chi connectivity index (χ0v) is 14.0. The van der Waals surface area contributed by atoms with Gasteiger partial charge in [0.25, 0.3) is 0 Å². The van der Waals surface area contributed by atoms with E-state index in [2.05, 4.69) is 10.3 Å². The summed E-state index contributed by atoms with van der Waals surface area (Å²) in [4.78, 5) is 17.5. The molecule has 2 aromatic heterocycles. The second-order valence-electron chi connectivity index (χ2n) is 5.03. The van der Waals surface area contributed by atoms with Gasteiger partial charge in [-0.1, -0.05) is 29.8 Å². The lowest BCUT2D eigenvalue weighted by atomic mass is 10.4. The monoisotopic (exact) mass is 345 g/mol. The van der Waals surface area contributed by atoms with Gasteiger partial charge in [-0.2, -0.15) is 0 Å². The molecule has 2 heterocycles. The van der Waals surface area contributed by atoms with Crippen LogP contribution in [0.3, 0.4) is 0 Å². The van der Waals surface area contributed by atoms with Gasteiger partial charge in [-0.3, -0.25) is 4.79 Å². The lowest BCUT2D eigenvalue weighted by Gasteiger charge is -2.03. The molecule has 0 saturated carbocycles. The first-order chi connectivity index (χ1) is 11.2. The van der Waals surface area contributed by atoms with Gasteiger partial charge in [0.1, 0.15) is 5.65 Å². The van der Waals surface area contributed by atoms with Gasteiger partial charge < -0.3 is 9.72 Å². The van der Waals surface area contributed by atoms with E-state index < -0.39 is 0 Å². The number of thioether (sulfide) groups is 1. The van der Waals surface area contributed by atoms with E-state index in [1.54, 1.807) is 24.0 Å². The Labute approximate surface area is 143 Å². The maximum Gasteiger partial charge on any atom is 0.221 e. The van der Waals surface area contributed by atoms with Crippen LogP contribution in [0.5, 0.6) is 0 Å². The maximum absolute atomic E-state index is 11.9. The normalized spacial score (nSPS) is 10.8. The topological polar surface area (TPSA) is 46.4 Å². The van der Waals surface area contributed by atoms with Crippen LogP contribution in [0.1, 0.15) is 12.1 Å². The number of hydrogen-bond donors (Lipinski definition) is 1. The summed E-state index contributed by atoms with van der Waals surface area (Å²) in [5, 5.41) is 3.56. The van der Waals surface area contributed by atoms with E-state index in [1.165, 1.54) is 4.90 Å². The van der Waals surface area contributed by atoms with E-state index in [9.17, 15) is 4.79 Å². The molecule has 0 atom stereocenters. The first-order valence-electron chi connectivity index (χ1n) is 7.28. The number of carbonyl (C=O) groups excluding carboxylic acids is 1. The van der Waals surface area contributed by atoms with Crippen molar-refractivity contribution in [3.8, 4) is 0 Å². The van der Waals surface area contributed by atoms with Crippen molar-refractivity contribution in [2.45, 2.75) is 17.9 Å². The van der Waals surface area contributed by atoms with Crippen molar-refractivity contribution < 1.29 is 4.79 Å². The number of benzene rings is 1. The first-order valence-corrected chi connectivity index (χ1v) is 8.65. The lowest BCUT2D eigenvalue weighted by molar-refractivity contribution is -0.120. The number of nitrogens with one attached hydrogen (secondary N) is 1. The van der Waals surface area contributed by atoms with Crippen LogP contribution in [0.2, 0.25) is 5.02 Å². The van der Waals surface area contributed by atoms with Gasteiger partial charge in [0.2, 0.25) is 5.91 Å². The van der Waals surface area contributed by atoms with Crippen LogP contribution in [0, 0.1) is 0 Å². The summed E-state index contributed by atoms with van der Waals surface area (Å²) in [6.45, 7) is 0.425. The van der Waals surface area contributed by atoms with Crippen molar-refractivity contribution >= 4 is 34.9 Å². The molecular formula is C17H16ClN3OS. The molecule has 118 valence electrons. The molecule has 0 spiro atoms. The van der Waals surface area contributed by atoms with Gasteiger partial charge in [0, 0.05) is 29.5 Å². The van der Waals surface area contributed by atoms with Crippen LogP contribution in [0.4, 0.5) is 0 Å². The Kier molecular flexibility index (Phi) is 5.20. The molecule has 23 heavy (non-hydrogen) atoms. The number of carbonyl (C=O) groups is 1. The highest BCUT2D eigenvalue weighted by molar-refractivity contribution is 7.99. The highest BCUT2D eigenvalue weighted by Crippen LogP contribution is 2.17. The Hall–Kier alpha value is -1.98. The predicted octanol–water partition coefficient (Wildman–Crippen LogP) is 3.79. The zero-order valence-electron chi connectivity index (χ0n) is 12.4. The first kappa shape index (κ1) is 15.9. The average molecular weight is 346 g/mol. The Morgan fingerprint density at radius 3 is 2.83 bits per heavy atom. The summed E-state index contributed by atoms with van der Waals surface area (Å²) in [5.41, 5.74) is 1.63. The summed E-state index contributed by atoms with van der Waals surface area (Å²) < 4.78 is 1.86. The summed E-state index contributed by atoms with van der Waals surface area (Å²) in [5.74, 6) is 0.792. The van der Waals surface area contributed by atoms with Gasteiger partial charge in [-0.05, 0) is 24.3 Å². The summed E-state index contributed by atoms with van der Waals surface area (Å²) >= 11 is 7.62. The maximum atomic E-state index is 11.9. The summed E-state index contributed by atoms with van der Waals surface area (Å²) in [7, 11) is 0. The molecule has 1 aromatic carbocycles. The standard InChI is InChI=1S/C17H16ClN3OS/c18-13-6-7-16-20-14(12-21(16)11-13)10-19-17(22)8-9-23-15-4-2-1-3-5-15/h1-7,11-12H,8-10H2,(H,19,22). The van der Waals surface area contributed by atoms with E-state index >= 15 is 0 Å². The number of pyridine rings is 1. The van der Waals surface area contributed by atoms with Crippen molar-refractivity contribution in [1.29, 1.82) is 0 Å². The molecule has 0 radical (unpaired) electrons. The number of aromatic nitrogens is 2. The molecule has 3 aromatic rings. The third-order valence-corrected chi connectivity index (χ3v) is 4.51. The third kappa shape index (κ3) is 4.50. The van der Waals surface area contributed by atoms with Crippen molar-refractivity contribution in [1.82, 2.24) is 14.7 Å². The summed E-state index contributed by atoms with van der Waals surface area (Å²) in [6.07, 6.45) is 4.16. The molecule has 0 saturated heterocycles. The lowest BCUT2D eigenvalue weighted by Crippen LogP contribution is -2.23. The Morgan fingerprint density at radius 2 is 2.00 bits per heavy atom. The fourth-order valence-electron chi connectivity index (χ4n) is 2.16. The minimum atomic E-state index is 0.0310. The number of nitrogens with zero attached hydrogens (tertiary/aromatic N) is 2. The Balaban J connectivity index is 1.46. The van der Waals surface area contributed by atoms with Crippen molar-refractivity contribution in [2.75, 3.05) is 5.75 Å². The van der Waals surface area contributed by atoms with Crippen LogP contribution >= 0.6 is 23.4 Å². The van der Waals surface area contributed by atoms with E-state index in [0.717, 1.165) is 17.1 Å². The third-order valence-electron chi connectivity index (χ3n) is 3.27. The minimum Gasteiger partial charge on any atom is -0.350 e. The quantitative estimate of drug-likeness (QED) is 0.691. The van der Waals surface area contributed by atoms with Gasteiger partial charge in [0.05, 0.1) is 17.3 Å². The average Bonchev–Trinajstić information content (AvgIpc) is 2.96. The number of rotatable bonds is 6. The number of imidazole rings is 1. The minimum absolute atomic E-state index is 0.0310. The smallest absolute Gasteiger partial charge is 0.221 e. The molecule has 1 N–H and O–H groups in total. The van der Waals surface area contributed by atoms with Gasteiger partial charge in [-0.25, -0.2) is 4.98 Å². The number of fused-ring (bicyclic) bond motifs is 1. The van der Waals surface area contributed by atoms with Gasteiger partial charge >= 0.3 is 0 Å². The second-order valence-corrected chi connectivity index (χ2v) is 6.64. The van der Waals surface area contributed by atoms with Crippen LogP contribution in [-0.2, 0) is 11.3 Å². The molecule has 0 unspecified atom stereocenters. The fraction of sp³-hybridized carbons (Fsp3) is 0.176. The van der Waals surface area contributed by atoms with Crippen LogP contribution < -0.4 is 5.32 Å². The molecule has 1 amide bonds.